The Hall–Kier alpha value is -0.110. The van der Waals surface area contributed by atoms with E-state index in [4.69, 9.17) is 4.74 Å². The molecule has 0 amide bonds. The molecule has 1 aliphatic rings. The number of alkyl halides is 1. The Morgan fingerprint density at radius 3 is 2.40 bits per heavy atom. The van der Waals surface area contributed by atoms with Crippen molar-refractivity contribution >= 4 is 0 Å². The minimum absolute atomic E-state index is 0.237. The van der Waals surface area contributed by atoms with Crippen LogP contribution in [0.15, 0.2) is 0 Å². The zero-order chi connectivity index (χ0) is 11.1. The van der Waals surface area contributed by atoms with Crippen molar-refractivity contribution in [2.24, 2.45) is 0 Å². The molecule has 0 bridgehead atoms. The number of epoxide rings is 1. The van der Waals surface area contributed by atoms with Gasteiger partial charge in [0.15, 0.2) is 0 Å². The third kappa shape index (κ3) is 6.14. The molecule has 90 valence electrons. The molecule has 0 spiro atoms. The normalized spacial score (nSPS) is 26.6. The molecule has 15 heavy (non-hydrogen) atoms. The summed E-state index contributed by atoms with van der Waals surface area (Å²) >= 11 is 0. The predicted octanol–water partition coefficient (Wildman–Crippen LogP) is 4.25. The zero-order valence-corrected chi connectivity index (χ0v) is 10.2. The quantitative estimate of drug-likeness (QED) is 0.414. The number of halogens is 1. The van der Waals surface area contributed by atoms with Crippen LogP contribution < -0.4 is 0 Å². The van der Waals surface area contributed by atoms with E-state index in [0.29, 0.717) is 12.5 Å². The Morgan fingerprint density at radius 2 is 1.73 bits per heavy atom. The van der Waals surface area contributed by atoms with Crippen molar-refractivity contribution in [1.82, 2.24) is 0 Å². The largest absolute Gasteiger partial charge is 0.369 e. The van der Waals surface area contributed by atoms with E-state index in [1.807, 2.05) is 0 Å². The first-order valence-electron chi connectivity index (χ1n) is 6.53. The second kappa shape index (κ2) is 7.21. The lowest BCUT2D eigenvalue weighted by Gasteiger charge is -1.99. The molecule has 0 unspecified atom stereocenters. The van der Waals surface area contributed by atoms with Crippen LogP contribution in [0.1, 0.15) is 65.2 Å². The van der Waals surface area contributed by atoms with E-state index in [1.165, 1.54) is 38.5 Å². The molecule has 0 aromatic rings. The van der Waals surface area contributed by atoms with Gasteiger partial charge in [-0.25, -0.2) is 4.39 Å². The van der Waals surface area contributed by atoms with E-state index in [0.717, 1.165) is 6.42 Å². The summed E-state index contributed by atoms with van der Waals surface area (Å²) in [6.45, 7) is 3.85. The molecule has 0 N–H and O–H groups in total. The topological polar surface area (TPSA) is 12.5 Å². The number of hydrogen-bond donors (Lipinski definition) is 0. The van der Waals surface area contributed by atoms with Gasteiger partial charge < -0.3 is 4.74 Å². The van der Waals surface area contributed by atoms with Crippen LogP contribution in [0.25, 0.3) is 0 Å². The first-order valence-corrected chi connectivity index (χ1v) is 6.53. The number of rotatable bonds is 9. The average molecular weight is 216 g/mol. The summed E-state index contributed by atoms with van der Waals surface area (Å²) in [6.07, 6.45) is 9.62. The van der Waals surface area contributed by atoms with E-state index in [9.17, 15) is 4.39 Å². The SMILES string of the molecule is CCCCCCCC[C@@H]1O[C@@H]1C[C@H](C)F. The van der Waals surface area contributed by atoms with Crippen molar-refractivity contribution in [3.63, 3.8) is 0 Å². The summed E-state index contributed by atoms with van der Waals surface area (Å²) in [5, 5.41) is 0. The van der Waals surface area contributed by atoms with Crippen molar-refractivity contribution in [3.8, 4) is 0 Å². The van der Waals surface area contributed by atoms with Crippen LogP contribution in [-0.2, 0) is 4.74 Å². The lowest BCUT2D eigenvalue weighted by atomic mass is 10.1. The average Bonchev–Trinajstić information content (AvgIpc) is 2.89. The molecular weight excluding hydrogens is 191 g/mol. The van der Waals surface area contributed by atoms with Gasteiger partial charge in [0.2, 0.25) is 0 Å². The first-order chi connectivity index (χ1) is 7.24. The minimum atomic E-state index is -0.704. The van der Waals surface area contributed by atoms with Crippen LogP contribution in [0.5, 0.6) is 0 Å². The Kier molecular flexibility index (Phi) is 6.23. The van der Waals surface area contributed by atoms with Gasteiger partial charge in [-0.15, -0.1) is 0 Å². The highest BCUT2D eigenvalue weighted by Gasteiger charge is 2.38. The molecule has 0 aromatic carbocycles. The van der Waals surface area contributed by atoms with Gasteiger partial charge >= 0.3 is 0 Å². The van der Waals surface area contributed by atoms with E-state index in [1.54, 1.807) is 6.92 Å². The molecule has 1 fully saturated rings. The van der Waals surface area contributed by atoms with Crippen molar-refractivity contribution in [2.45, 2.75) is 83.6 Å². The van der Waals surface area contributed by atoms with Gasteiger partial charge in [0.05, 0.1) is 18.4 Å². The number of hydrogen-bond acceptors (Lipinski definition) is 1. The standard InChI is InChI=1S/C13H25FO/c1-3-4-5-6-7-8-9-12-13(15-12)10-11(2)14/h11-13H,3-10H2,1-2H3/t11-,12-,13+/m0/s1. The summed E-state index contributed by atoms with van der Waals surface area (Å²) in [5.41, 5.74) is 0. The van der Waals surface area contributed by atoms with Crippen molar-refractivity contribution in [3.05, 3.63) is 0 Å². The van der Waals surface area contributed by atoms with Crippen LogP contribution in [0.4, 0.5) is 4.39 Å². The van der Waals surface area contributed by atoms with Crippen LogP contribution in [-0.4, -0.2) is 18.4 Å². The van der Waals surface area contributed by atoms with Gasteiger partial charge in [-0.3, -0.25) is 0 Å². The van der Waals surface area contributed by atoms with Crippen molar-refractivity contribution in [2.75, 3.05) is 0 Å². The summed E-state index contributed by atoms with van der Waals surface area (Å²) < 4.78 is 18.0. The highest BCUT2D eigenvalue weighted by atomic mass is 19.1. The maximum atomic E-state index is 12.6. The van der Waals surface area contributed by atoms with Crippen molar-refractivity contribution < 1.29 is 9.13 Å². The summed E-state index contributed by atoms with van der Waals surface area (Å²) in [5.74, 6) is 0. The third-order valence-corrected chi connectivity index (χ3v) is 3.09. The summed E-state index contributed by atoms with van der Waals surface area (Å²) in [4.78, 5) is 0. The highest BCUT2D eigenvalue weighted by molar-refractivity contribution is 4.85. The molecule has 1 aliphatic heterocycles. The third-order valence-electron chi connectivity index (χ3n) is 3.09. The van der Waals surface area contributed by atoms with Crippen molar-refractivity contribution in [1.29, 1.82) is 0 Å². The van der Waals surface area contributed by atoms with Crippen LogP contribution >= 0.6 is 0 Å². The van der Waals surface area contributed by atoms with E-state index in [2.05, 4.69) is 6.92 Å². The van der Waals surface area contributed by atoms with Gasteiger partial charge in [-0.05, 0) is 13.3 Å². The highest BCUT2D eigenvalue weighted by Crippen LogP contribution is 2.31. The molecule has 1 nitrogen and oxygen atoms in total. The molecule has 0 aromatic heterocycles. The van der Waals surface area contributed by atoms with Gasteiger partial charge in [0.1, 0.15) is 0 Å². The molecule has 1 saturated heterocycles. The van der Waals surface area contributed by atoms with Crippen LogP contribution in [0, 0.1) is 0 Å². The van der Waals surface area contributed by atoms with E-state index < -0.39 is 6.17 Å². The Morgan fingerprint density at radius 1 is 1.07 bits per heavy atom. The molecule has 2 heteroatoms. The lowest BCUT2D eigenvalue weighted by molar-refractivity contribution is 0.288. The van der Waals surface area contributed by atoms with Crippen LogP contribution in [0.3, 0.4) is 0 Å². The van der Waals surface area contributed by atoms with Gasteiger partial charge in [0, 0.05) is 6.42 Å². The lowest BCUT2D eigenvalue weighted by Crippen LogP contribution is -2.01. The fourth-order valence-corrected chi connectivity index (χ4v) is 2.09. The number of unbranched alkanes of at least 4 members (excludes halogenated alkanes) is 5. The van der Waals surface area contributed by atoms with E-state index >= 15 is 0 Å². The molecule has 1 rings (SSSR count). The molecule has 0 aliphatic carbocycles. The second-order valence-corrected chi connectivity index (χ2v) is 4.79. The Balaban J connectivity index is 1.82. The second-order valence-electron chi connectivity index (χ2n) is 4.79. The summed E-state index contributed by atoms with van der Waals surface area (Å²) in [7, 11) is 0. The molecule has 3 atom stereocenters. The molecular formula is C13H25FO. The Bertz CT molecular complexity index is 159. The van der Waals surface area contributed by atoms with Gasteiger partial charge in [-0.1, -0.05) is 45.4 Å². The minimum Gasteiger partial charge on any atom is -0.369 e. The maximum absolute atomic E-state index is 12.6. The predicted molar refractivity (Wildman–Crippen MR) is 61.8 cm³/mol. The maximum Gasteiger partial charge on any atom is 0.0999 e. The van der Waals surface area contributed by atoms with Gasteiger partial charge in [0.25, 0.3) is 0 Å². The number of ether oxygens (including phenoxy) is 1. The smallest absolute Gasteiger partial charge is 0.0999 e. The molecule has 0 saturated carbocycles. The van der Waals surface area contributed by atoms with Gasteiger partial charge in [-0.2, -0.15) is 0 Å². The molecule has 1 heterocycles. The fourth-order valence-electron chi connectivity index (χ4n) is 2.09. The van der Waals surface area contributed by atoms with E-state index in [-0.39, 0.29) is 6.10 Å². The Labute approximate surface area is 93.4 Å². The van der Waals surface area contributed by atoms with Crippen LogP contribution in [0.2, 0.25) is 0 Å². The monoisotopic (exact) mass is 216 g/mol. The summed E-state index contributed by atoms with van der Waals surface area (Å²) in [6, 6.07) is 0. The molecule has 0 radical (unpaired) electrons. The fraction of sp³-hybridized carbons (Fsp3) is 1.00. The zero-order valence-electron chi connectivity index (χ0n) is 10.2. The first kappa shape index (κ1) is 13.0.